The summed E-state index contributed by atoms with van der Waals surface area (Å²) in [6.07, 6.45) is -9.19. The summed E-state index contributed by atoms with van der Waals surface area (Å²) in [5.74, 6) is -1.31. The monoisotopic (exact) mass is 356 g/mol. The number of carbonyl (C=O) groups is 1. The largest absolute Gasteiger partial charge is 0.417 e. The number of hydrogen-bond donors (Lipinski definition) is 0. The number of carbonyl (C=O) groups excluding carboxylic acids is 1. The minimum atomic E-state index is -5.09. The molecular formula is C16H6F6N2O. The number of rotatable bonds is 0. The van der Waals surface area contributed by atoms with Gasteiger partial charge in [0, 0.05) is 22.3 Å². The van der Waals surface area contributed by atoms with E-state index in [-0.39, 0.29) is 12.1 Å². The first-order valence-corrected chi connectivity index (χ1v) is 6.56. The summed E-state index contributed by atoms with van der Waals surface area (Å²) in [5.41, 5.74) is -7.50. The molecule has 0 atom stereocenters. The Kier molecular flexibility index (Phi) is 4.22. The van der Waals surface area contributed by atoms with Crippen molar-refractivity contribution >= 4 is 11.4 Å². The highest BCUT2D eigenvalue weighted by Gasteiger charge is 2.47. The number of hydrogen-bond acceptors (Lipinski definition) is 3. The third kappa shape index (κ3) is 2.78. The molecule has 0 bridgehead atoms. The number of allylic oxidation sites excluding steroid dienone is 4. The molecule has 0 saturated carbocycles. The number of Topliss-reactive ketones (excluding diaryl/α,β-unsaturated/α-hetero) is 1. The Morgan fingerprint density at radius 3 is 1.76 bits per heavy atom. The Morgan fingerprint density at radius 2 is 1.40 bits per heavy atom. The summed E-state index contributed by atoms with van der Waals surface area (Å²) in [6.45, 7) is 1.21. The van der Waals surface area contributed by atoms with Crippen molar-refractivity contribution in [2.75, 3.05) is 0 Å². The molecule has 25 heavy (non-hydrogen) atoms. The van der Waals surface area contributed by atoms with Crippen molar-refractivity contribution in [3.05, 3.63) is 51.6 Å². The van der Waals surface area contributed by atoms with E-state index in [1.54, 1.807) is 0 Å². The molecule has 9 heteroatoms. The summed E-state index contributed by atoms with van der Waals surface area (Å²) >= 11 is 0. The minimum Gasteiger partial charge on any atom is -0.289 e. The maximum absolute atomic E-state index is 13.3. The maximum Gasteiger partial charge on any atom is 0.417 e. The van der Waals surface area contributed by atoms with Crippen LogP contribution in [0.1, 0.15) is 34.0 Å². The third-order valence-electron chi connectivity index (χ3n) is 3.57. The summed E-state index contributed by atoms with van der Waals surface area (Å²) in [7, 11) is 0. The first-order valence-electron chi connectivity index (χ1n) is 6.56. The molecule has 0 saturated heterocycles. The van der Waals surface area contributed by atoms with Crippen LogP contribution in [-0.2, 0) is 12.4 Å². The molecule has 0 unspecified atom stereocenters. The number of fused-ring (bicyclic) bond motifs is 1. The number of benzene rings is 1. The van der Waals surface area contributed by atoms with Crippen LogP contribution in [0.5, 0.6) is 0 Å². The van der Waals surface area contributed by atoms with E-state index < -0.39 is 57.1 Å². The van der Waals surface area contributed by atoms with Gasteiger partial charge in [0.05, 0.1) is 11.1 Å². The van der Waals surface area contributed by atoms with Gasteiger partial charge >= 0.3 is 12.4 Å². The van der Waals surface area contributed by atoms with E-state index in [0.29, 0.717) is 0 Å². The van der Waals surface area contributed by atoms with Gasteiger partial charge < -0.3 is 0 Å². The molecule has 0 amide bonds. The Bertz CT molecular complexity index is 904. The van der Waals surface area contributed by atoms with Crippen LogP contribution in [0.3, 0.4) is 0 Å². The van der Waals surface area contributed by atoms with Crippen molar-refractivity contribution in [1.82, 2.24) is 0 Å². The number of nitriles is 2. The lowest BCUT2D eigenvalue weighted by atomic mass is 9.93. The molecule has 1 aromatic carbocycles. The van der Waals surface area contributed by atoms with Crippen LogP contribution >= 0.6 is 0 Å². The third-order valence-corrected chi connectivity index (χ3v) is 3.57. The molecule has 0 aromatic heterocycles. The minimum absolute atomic E-state index is 0.175. The molecule has 0 heterocycles. The molecule has 0 spiro atoms. The first-order chi connectivity index (χ1) is 11.5. The van der Waals surface area contributed by atoms with Crippen molar-refractivity contribution in [3.63, 3.8) is 0 Å². The van der Waals surface area contributed by atoms with Gasteiger partial charge in [-0.05, 0) is 19.1 Å². The molecule has 0 radical (unpaired) electrons. The van der Waals surface area contributed by atoms with Crippen LogP contribution < -0.4 is 0 Å². The maximum atomic E-state index is 13.3. The summed E-state index contributed by atoms with van der Waals surface area (Å²) in [4.78, 5) is 12.3. The second-order valence-corrected chi connectivity index (χ2v) is 4.91. The highest BCUT2D eigenvalue weighted by atomic mass is 19.4. The first kappa shape index (κ1) is 18.3. The normalized spacial score (nSPS) is 15.8. The van der Waals surface area contributed by atoms with E-state index in [9.17, 15) is 31.1 Å². The van der Waals surface area contributed by atoms with Crippen molar-refractivity contribution in [2.24, 2.45) is 0 Å². The fraction of sp³-hybridized carbons (Fsp3) is 0.188. The zero-order chi connectivity index (χ0) is 19.2. The van der Waals surface area contributed by atoms with E-state index in [0.717, 1.165) is 6.08 Å². The topological polar surface area (TPSA) is 64.7 Å². The smallest absolute Gasteiger partial charge is 0.289 e. The molecule has 0 N–H and O–H groups in total. The van der Waals surface area contributed by atoms with Crippen molar-refractivity contribution in [1.29, 1.82) is 10.5 Å². The van der Waals surface area contributed by atoms with Crippen molar-refractivity contribution < 1.29 is 31.1 Å². The Labute approximate surface area is 137 Å². The number of alkyl halides is 6. The van der Waals surface area contributed by atoms with E-state index >= 15 is 0 Å². The molecule has 128 valence electrons. The van der Waals surface area contributed by atoms with Crippen LogP contribution in [0.15, 0.2) is 29.4 Å². The Hall–Kier alpha value is -3.07. The average Bonchev–Trinajstić information content (AvgIpc) is 2.79. The summed E-state index contributed by atoms with van der Waals surface area (Å²) in [5, 5.41) is 17.9. The average molecular weight is 356 g/mol. The highest BCUT2D eigenvalue weighted by molar-refractivity contribution is 6.28. The van der Waals surface area contributed by atoms with E-state index in [1.165, 1.54) is 19.1 Å². The van der Waals surface area contributed by atoms with Crippen molar-refractivity contribution in [3.8, 4) is 12.1 Å². The van der Waals surface area contributed by atoms with Crippen LogP contribution in [0.25, 0.3) is 5.57 Å². The summed E-state index contributed by atoms with van der Waals surface area (Å²) in [6, 6.07) is 3.04. The quantitative estimate of drug-likeness (QED) is 0.386. The van der Waals surface area contributed by atoms with Gasteiger partial charge in [-0.25, -0.2) is 0 Å². The standard InChI is InChI=1S/C16H6F6N2O/c1-2-8-11(7(5-23)6-24)12-9(15(17,18)19)3-4-10(16(20,21)22)13(12)14(8)25/h2-4H,1H3/b8-2+. The van der Waals surface area contributed by atoms with Crippen LogP contribution in [0.2, 0.25) is 0 Å². The Balaban J connectivity index is 3.13. The van der Waals surface area contributed by atoms with Crippen molar-refractivity contribution in [2.45, 2.75) is 19.3 Å². The van der Waals surface area contributed by atoms with Gasteiger partial charge in [-0.1, -0.05) is 6.08 Å². The lowest BCUT2D eigenvalue weighted by Gasteiger charge is -2.16. The zero-order valence-electron chi connectivity index (χ0n) is 12.3. The lowest BCUT2D eigenvalue weighted by molar-refractivity contribution is -0.141. The van der Waals surface area contributed by atoms with Gasteiger partial charge in [0.1, 0.15) is 17.7 Å². The van der Waals surface area contributed by atoms with Gasteiger partial charge in [0.2, 0.25) is 0 Å². The highest BCUT2D eigenvalue weighted by Crippen LogP contribution is 2.49. The van der Waals surface area contributed by atoms with Gasteiger partial charge in [-0.2, -0.15) is 36.9 Å². The fourth-order valence-corrected chi connectivity index (χ4v) is 2.63. The van der Waals surface area contributed by atoms with Gasteiger partial charge in [-0.15, -0.1) is 0 Å². The van der Waals surface area contributed by atoms with Crippen LogP contribution in [-0.4, -0.2) is 5.78 Å². The molecular weight excluding hydrogens is 350 g/mol. The van der Waals surface area contributed by atoms with Crippen LogP contribution in [0.4, 0.5) is 26.3 Å². The number of halogens is 6. The van der Waals surface area contributed by atoms with Gasteiger partial charge in [0.25, 0.3) is 0 Å². The van der Waals surface area contributed by atoms with Gasteiger partial charge in [-0.3, -0.25) is 4.79 Å². The fourth-order valence-electron chi connectivity index (χ4n) is 2.63. The molecule has 1 aromatic rings. The van der Waals surface area contributed by atoms with Crippen LogP contribution in [0, 0.1) is 22.7 Å². The molecule has 3 nitrogen and oxygen atoms in total. The second-order valence-electron chi connectivity index (χ2n) is 4.91. The second kappa shape index (κ2) is 5.78. The molecule has 1 aliphatic carbocycles. The van der Waals surface area contributed by atoms with E-state index in [2.05, 4.69) is 0 Å². The van der Waals surface area contributed by atoms with E-state index in [1.807, 2.05) is 0 Å². The molecule has 0 aliphatic heterocycles. The predicted octanol–water partition coefficient (Wildman–Crippen LogP) is 4.67. The molecule has 0 fully saturated rings. The number of ketones is 1. The zero-order valence-corrected chi connectivity index (χ0v) is 12.3. The molecule has 2 rings (SSSR count). The molecule has 1 aliphatic rings. The Morgan fingerprint density at radius 1 is 0.960 bits per heavy atom. The predicted molar refractivity (Wildman–Crippen MR) is 72.7 cm³/mol. The lowest BCUT2D eigenvalue weighted by Crippen LogP contribution is -2.16. The summed E-state index contributed by atoms with van der Waals surface area (Å²) < 4.78 is 79.3. The number of nitrogens with zero attached hydrogens (tertiary/aromatic N) is 2. The van der Waals surface area contributed by atoms with Gasteiger partial charge in [0.15, 0.2) is 5.78 Å². The van der Waals surface area contributed by atoms with E-state index in [4.69, 9.17) is 10.5 Å². The SMILES string of the molecule is C/C=C1/C(=O)c2c(C(F)(F)F)ccc(C(F)(F)F)c2C1=C(C#N)C#N.